The van der Waals surface area contributed by atoms with Crippen LogP contribution < -0.4 is 10.2 Å². The Hall–Kier alpha value is -2.14. The molecule has 0 aliphatic carbocycles. The summed E-state index contributed by atoms with van der Waals surface area (Å²) in [6.45, 7) is 0.908. The SMILES string of the molecule is CSc1cccc(NC(=O)Cn2c(=O)sc3cc(S(=O)(=O)N4CCCC4)ccc32)c1. The van der Waals surface area contributed by atoms with Crippen molar-refractivity contribution in [3.63, 3.8) is 0 Å². The summed E-state index contributed by atoms with van der Waals surface area (Å²) in [5.74, 6) is -0.316. The lowest BCUT2D eigenvalue weighted by molar-refractivity contribution is -0.116. The Bertz CT molecular complexity index is 1260. The van der Waals surface area contributed by atoms with Crippen LogP contribution in [0.4, 0.5) is 5.69 Å². The molecule has 0 atom stereocenters. The normalized spacial score (nSPS) is 15.0. The van der Waals surface area contributed by atoms with Crippen LogP contribution in [0.25, 0.3) is 10.2 Å². The highest BCUT2D eigenvalue weighted by Gasteiger charge is 2.27. The minimum absolute atomic E-state index is 0.138. The fourth-order valence-corrected chi connectivity index (χ4v) is 6.49. The van der Waals surface area contributed by atoms with Crippen molar-refractivity contribution in [2.75, 3.05) is 24.7 Å². The molecule has 2 aromatic carbocycles. The largest absolute Gasteiger partial charge is 0.324 e. The van der Waals surface area contributed by atoms with E-state index in [-0.39, 0.29) is 22.2 Å². The van der Waals surface area contributed by atoms with Gasteiger partial charge in [0.1, 0.15) is 6.54 Å². The van der Waals surface area contributed by atoms with Crippen molar-refractivity contribution >= 4 is 54.9 Å². The van der Waals surface area contributed by atoms with Gasteiger partial charge < -0.3 is 5.32 Å². The zero-order valence-corrected chi connectivity index (χ0v) is 18.8. The van der Waals surface area contributed by atoms with Crippen molar-refractivity contribution in [3.05, 3.63) is 52.1 Å². The van der Waals surface area contributed by atoms with E-state index < -0.39 is 10.0 Å². The predicted molar refractivity (Wildman–Crippen MR) is 121 cm³/mol. The molecule has 1 aliphatic heterocycles. The van der Waals surface area contributed by atoms with Crippen LogP contribution in [0, 0.1) is 0 Å². The van der Waals surface area contributed by atoms with Gasteiger partial charge >= 0.3 is 4.87 Å². The predicted octanol–water partition coefficient (Wildman–Crippen LogP) is 3.21. The number of rotatable bonds is 6. The van der Waals surface area contributed by atoms with Crippen LogP contribution in [0.5, 0.6) is 0 Å². The zero-order valence-electron chi connectivity index (χ0n) is 16.3. The average Bonchev–Trinajstić information content (AvgIpc) is 3.37. The highest BCUT2D eigenvalue weighted by molar-refractivity contribution is 7.98. The second-order valence-corrected chi connectivity index (χ2v) is 10.8. The fourth-order valence-electron chi connectivity index (χ4n) is 3.48. The molecule has 158 valence electrons. The number of fused-ring (bicyclic) bond motifs is 1. The molecule has 2 heterocycles. The minimum atomic E-state index is -3.56. The van der Waals surface area contributed by atoms with E-state index >= 15 is 0 Å². The van der Waals surface area contributed by atoms with Crippen molar-refractivity contribution in [3.8, 4) is 0 Å². The van der Waals surface area contributed by atoms with Crippen molar-refractivity contribution in [1.82, 2.24) is 8.87 Å². The van der Waals surface area contributed by atoms with Gasteiger partial charge in [-0.1, -0.05) is 17.4 Å². The Morgan fingerprint density at radius 1 is 1.17 bits per heavy atom. The van der Waals surface area contributed by atoms with Gasteiger partial charge in [-0.25, -0.2) is 8.42 Å². The number of thiazole rings is 1. The topological polar surface area (TPSA) is 88.5 Å². The van der Waals surface area contributed by atoms with E-state index in [9.17, 15) is 18.0 Å². The maximum atomic E-state index is 12.8. The number of amides is 1. The Labute approximate surface area is 182 Å². The molecule has 0 bridgehead atoms. The first-order chi connectivity index (χ1) is 14.4. The Kier molecular flexibility index (Phi) is 6.01. The van der Waals surface area contributed by atoms with E-state index in [0.29, 0.717) is 29.0 Å². The van der Waals surface area contributed by atoms with E-state index in [0.717, 1.165) is 29.1 Å². The molecule has 30 heavy (non-hydrogen) atoms. The second-order valence-electron chi connectivity index (χ2n) is 6.97. The molecule has 3 aromatic rings. The summed E-state index contributed by atoms with van der Waals surface area (Å²) < 4.78 is 29.0. The monoisotopic (exact) mass is 463 g/mol. The molecule has 0 spiro atoms. The quantitative estimate of drug-likeness (QED) is 0.567. The van der Waals surface area contributed by atoms with Gasteiger partial charge in [0.15, 0.2) is 0 Å². The first-order valence-electron chi connectivity index (χ1n) is 9.46. The fraction of sp³-hybridized carbons (Fsp3) is 0.300. The molecule has 1 fully saturated rings. The van der Waals surface area contributed by atoms with E-state index in [1.165, 1.54) is 21.0 Å². The van der Waals surface area contributed by atoms with Crippen molar-refractivity contribution in [2.24, 2.45) is 0 Å². The number of hydrogen-bond donors (Lipinski definition) is 1. The molecule has 4 rings (SSSR count). The first-order valence-corrected chi connectivity index (χ1v) is 12.9. The third-order valence-electron chi connectivity index (χ3n) is 5.00. The van der Waals surface area contributed by atoms with E-state index in [2.05, 4.69) is 5.32 Å². The molecule has 0 saturated carbocycles. The van der Waals surface area contributed by atoms with Crippen molar-refractivity contribution in [1.29, 1.82) is 0 Å². The lowest BCUT2D eigenvalue weighted by Gasteiger charge is -2.15. The summed E-state index contributed by atoms with van der Waals surface area (Å²) in [4.78, 5) is 25.9. The van der Waals surface area contributed by atoms with Crippen LogP contribution in [0.1, 0.15) is 12.8 Å². The van der Waals surface area contributed by atoms with E-state index in [4.69, 9.17) is 0 Å². The number of nitrogens with zero attached hydrogens (tertiary/aromatic N) is 2. The van der Waals surface area contributed by atoms with E-state index in [1.807, 2.05) is 24.5 Å². The molecule has 1 aromatic heterocycles. The van der Waals surface area contributed by atoms with Gasteiger partial charge in [-0.2, -0.15) is 4.31 Å². The van der Waals surface area contributed by atoms with Gasteiger partial charge in [-0.3, -0.25) is 14.2 Å². The standard InChI is InChI=1S/C20H21N3O4S3/c1-28-15-6-4-5-14(11-15)21-19(24)13-23-17-8-7-16(12-18(17)29-20(23)25)30(26,27)22-9-2-3-10-22/h4-8,11-12H,2-3,9-10,13H2,1H3,(H,21,24). The van der Waals surface area contributed by atoms with Crippen LogP contribution in [0.3, 0.4) is 0 Å². The number of benzene rings is 2. The smallest absolute Gasteiger partial charge is 0.308 e. The second kappa shape index (κ2) is 8.54. The third-order valence-corrected chi connectivity index (χ3v) is 8.56. The van der Waals surface area contributed by atoms with Crippen LogP contribution in [-0.2, 0) is 21.4 Å². The highest BCUT2D eigenvalue weighted by atomic mass is 32.2. The van der Waals surface area contributed by atoms with Gasteiger partial charge in [-0.05, 0) is 55.5 Å². The molecular formula is C20H21N3O4S3. The van der Waals surface area contributed by atoms with Crippen LogP contribution in [-0.4, -0.2) is 42.5 Å². The number of aromatic nitrogens is 1. The summed E-state index contributed by atoms with van der Waals surface area (Å²) in [7, 11) is -3.56. The van der Waals surface area contributed by atoms with Gasteiger partial charge in [0.25, 0.3) is 0 Å². The van der Waals surface area contributed by atoms with Gasteiger partial charge in [0, 0.05) is 23.7 Å². The van der Waals surface area contributed by atoms with Gasteiger partial charge in [0.2, 0.25) is 15.9 Å². The lowest BCUT2D eigenvalue weighted by atomic mass is 10.3. The van der Waals surface area contributed by atoms with Gasteiger partial charge in [-0.15, -0.1) is 11.8 Å². The number of carbonyl (C=O) groups is 1. The number of anilines is 1. The number of hydrogen-bond acceptors (Lipinski definition) is 6. The summed E-state index contributed by atoms with van der Waals surface area (Å²) in [6, 6.07) is 12.1. The molecule has 0 unspecified atom stereocenters. The minimum Gasteiger partial charge on any atom is -0.324 e. The van der Waals surface area contributed by atoms with Gasteiger partial charge in [0.05, 0.1) is 15.1 Å². The molecule has 1 aliphatic rings. The number of thioether (sulfide) groups is 1. The molecule has 1 amide bonds. The average molecular weight is 464 g/mol. The maximum Gasteiger partial charge on any atom is 0.308 e. The number of nitrogens with one attached hydrogen (secondary N) is 1. The highest BCUT2D eigenvalue weighted by Crippen LogP contribution is 2.26. The van der Waals surface area contributed by atoms with Crippen LogP contribution in [0.15, 0.2) is 57.1 Å². The maximum absolute atomic E-state index is 12.8. The molecule has 10 heteroatoms. The van der Waals surface area contributed by atoms with Crippen molar-refractivity contribution in [2.45, 2.75) is 29.2 Å². The molecule has 0 radical (unpaired) electrons. The van der Waals surface area contributed by atoms with E-state index in [1.54, 1.807) is 23.9 Å². The van der Waals surface area contributed by atoms with Crippen LogP contribution >= 0.6 is 23.1 Å². The summed E-state index contributed by atoms with van der Waals surface area (Å²) >= 11 is 2.52. The van der Waals surface area contributed by atoms with Crippen LogP contribution in [0.2, 0.25) is 0 Å². The Morgan fingerprint density at radius 2 is 1.93 bits per heavy atom. The zero-order chi connectivity index (χ0) is 21.3. The molecule has 1 saturated heterocycles. The lowest BCUT2D eigenvalue weighted by Crippen LogP contribution is -2.27. The Morgan fingerprint density at radius 3 is 2.67 bits per heavy atom. The van der Waals surface area contributed by atoms with Crippen molar-refractivity contribution < 1.29 is 13.2 Å². The first kappa shape index (κ1) is 21.1. The third kappa shape index (κ3) is 4.18. The summed E-state index contributed by atoms with van der Waals surface area (Å²) in [6.07, 6.45) is 3.68. The Balaban J connectivity index is 1.58. The summed E-state index contributed by atoms with van der Waals surface area (Å²) in [5, 5.41) is 2.81. The molecule has 7 nitrogen and oxygen atoms in total. The number of carbonyl (C=O) groups excluding carboxylic acids is 1. The molecule has 1 N–H and O–H groups in total. The summed E-state index contributed by atoms with van der Waals surface area (Å²) in [5.41, 5.74) is 1.22. The number of sulfonamides is 1. The molecular weight excluding hydrogens is 442 g/mol.